The Morgan fingerprint density at radius 1 is 1.18 bits per heavy atom. The zero-order valence-corrected chi connectivity index (χ0v) is 22.7. The van der Waals surface area contributed by atoms with E-state index in [1.807, 2.05) is 6.07 Å². The van der Waals surface area contributed by atoms with E-state index in [0.717, 1.165) is 50.5 Å². The summed E-state index contributed by atoms with van der Waals surface area (Å²) < 4.78 is 17.1. The van der Waals surface area contributed by atoms with Crippen LogP contribution in [0.4, 0.5) is 0 Å². The van der Waals surface area contributed by atoms with Crippen LogP contribution in [0.25, 0.3) is 5.57 Å². The van der Waals surface area contributed by atoms with Gasteiger partial charge in [0, 0.05) is 18.2 Å². The Hall–Kier alpha value is -3.59. The van der Waals surface area contributed by atoms with Crippen LogP contribution >= 0.6 is 0 Å². The standard InChI is InChI=1S/C30H37N3O6/c1-29(2,36)17-38-26-9-7-24(33-27(26)18-4-5-18)23(15-31)28(35)32-20-11-30(12-20)13-22(14-30)39-25-8-6-21(37-3)10-19(25)16-34/h6-10,15-16,18,20,22,36H,4-5,11-14,17,31H2,1-3H3,(H,32,35). The number of aromatic nitrogens is 1. The van der Waals surface area contributed by atoms with Gasteiger partial charge in [-0.25, -0.2) is 4.98 Å². The molecule has 2 aromatic rings. The predicted octanol–water partition coefficient (Wildman–Crippen LogP) is 3.74. The van der Waals surface area contributed by atoms with Crippen LogP contribution < -0.4 is 25.3 Å². The van der Waals surface area contributed by atoms with Crippen LogP contribution in [0.2, 0.25) is 0 Å². The van der Waals surface area contributed by atoms with Gasteiger partial charge in [0.15, 0.2) is 6.29 Å². The lowest BCUT2D eigenvalue weighted by atomic mass is 9.53. The van der Waals surface area contributed by atoms with E-state index in [4.69, 9.17) is 24.9 Å². The maximum atomic E-state index is 13.1. The average molecular weight is 536 g/mol. The minimum atomic E-state index is -0.956. The summed E-state index contributed by atoms with van der Waals surface area (Å²) in [4.78, 5) is 29.3. The quantitative estimate of drug-likeness (QED) is 0.293. The predicted molar refractivity (Wildman–Crippen MR) is 146 cm³/mol. The zero-order valence-electron chi connectivity index (χ0n) is 22.7. The number of nitrogens with one attached hydrogen (secondary N) is 1. The van der Waals surface area contributed by atoms with Crippen molar-refractivity contribution in [3.8, 4) is 17.2 Å². The van der Waals surface area contributed by atoms with Crippen LogP contribution in [0.15, 0.2) is 36.5 Å². The zero-order chi connectivity index (χ0) is 27.8. The number of hydrogen-bond acceptors (Lipinski definition) is 8. The molecule has 1 aromatic carbocycles. The molecule has 0 radical (unpaired) electrons. The summed E-state index contributed by atoms with van der Waals surface area (Å²) in [6.07, 6.45) is 7.72. The van der Waals surface area contributed by atoms with Crippen molar-refractivity contribution in [2.24, 2.45) is 11.1 Å². The van der Waals surface area contributed by atoms with Crippen molar-refractivity contribution in [3.05, 3.63) is 53.5 Å². The van der Waals surface area contributed by atoms with Crippen molar-refractivity contribution in [1.29, 1.82) is 0 Å². The van der Waals surface area contributed by atoms with Crippen LogP contribution in [-0.4, -0.2) is 53.7 Å². The lowest BCUT2D eigenvalue weighted by molar-refractivity contribution is -0.122. The number of rotatable bonds is 11. The van der Waals surface area contributed by atoms with Crippen molar-refractivity contribution < 1.29 is 28.9 Å². The van der Waals surface area contributed by atoms with Crippen molar-refractivity contribution in [3.63, 3.8) is 0 Å². The first-order valence-corrected chi connectivity index (χ1v) is 13.5. The van der Waals surface area contributed by atoms with Crippen molar-refractivity contribution in [1.82, 2.24) is 10.3 Å². The molecule has 3 aliphatic rings. The van der Waals surface area contributed by atoms with E-state index in [9.17, 15) is 14.7 Å². The highest BCUT2D eigenvalue weighted by atomic mass is 16.5. The maximum Gasteiger partial charge on any atom is 0.255 e. The smallest absolute Gasteiger partial charge is 0.255 e. The van der Waals surface area contributed by atoms with Crippen molar-refractivity contribution in [2.75, 3.05) is 13.7 Å². The highest BCUT2D eigenvalue weighted by molar-refractivity contribution is 6.18. The summed E-state index contributed by atoms with van der Waals surface area (Å²) in [5.41, 5.74) is 7.23. The Morgan fingerprint density at radius 3 is 2.51 bits per heavy atom. The molecule has 39 heavy (non-hydrogen) atoms. The first-order valence-electron chi connectivity index (χ1n) is 13.5. The molecular formula is C30H37N3O6. The van der Waals surface area contributed by atoms with Gasteiger partial charge in [0.1, 0.15) is 23.9 Å². The summed E-state index contributed by atoms with van der Waals surface area (Å²) in [6, 6.07) is 8.85. The Labute approximate surface area is 228 Å². The molecule has 1 amide bonds. The van der Waals surface area contributed by atoms with E-state index in [1.165, 1.54) is 6.20 Å². The molecule has 208 valence electrons. The van der Waals surface area contributed by atoms with Crippen LogP contribution in [0.3, 0.4) is 0 Å². The Morgan fingerprint density at radius 2 is 1.90 bits per heavy atom. The number of nitrogens with zero attached hydrogens (tertiary/aromatic N) is 1. The third kappa shape index (κ3) is 6.03. The highest BCUT2D eigenvalue weighted by Gasteiger charge is 2.54. The molecule has 1 heterocycles. The molecule has 1 aromatic heterocycles. The second-order valence-electron chi connectivity index (χ2n) is 11.8. The summed E-state index contributed by atoms with van der Waals surface area (Å²) in [5, 5.41) is 13.1. The number of pyridine rings is 1. The molecule has 4 N–H and O–H groups in total. The molecule has 9 nitrogen and oxygen atoms in total. The van der Waals surface area contributed by atoms with Crippen molar-refractivity contribution in [2.45, 2.75) is 76.0 Å². The number of amides is 1. The minimum absolute atomic E-state index is 0.0513. The van der Waals surface area contributed by atoms with Gasteiger partial charge in [-0.15, -0.1) is 0 Å². The number of nitrogens with two attached hydrogens (primary N) is 1. The average Bonchev–Trinajstić information content (AvgIpc) is 3.70. The van der Waals surface area contributed by atoms with E-state index in [0.29, 0.717) is 40.0 Å². The number of carbonyl (C=O) groups excluding carboxylic acids is 2. The topological polar surface area (TPSA) is 133 Å². The van der Waals surface area contributed by atoms with Crippen LogP contribution in [0.5, 0.6) is 17.2 Å². The van der Waals surface area contributed by atoms with Crippen LogP contribution in [-0.2, 0) is 4.79 Å². The number of ether oxygens (including phenoxy) is 3. The van der Waals surface area contributed by atoms with Crippen molar-refractivity contribution >= 4 is 17.8 Å². The third-order valence-electron chi connectivity index (χ3n) is 7.77. The Kier molecular flexibility index (Phi) is 7.29. The van der Waals surface area contributed by atoms with E-state index in [1.54, 1.807) is 45.2 Å². The van der Waals surface area contributed by atoms with E-state index in [-0.39, 0.29) is 30.1 Å². The number of hydrogen-bond donors (Lipinski definition) is 3. The number of aldehydes is 1. The summed E-state index contributed by atoms with van der Waals surface area (Å²) in [7, 11) is 1.56. The van der Waals surface area contributed by atoms with Gasteiger partial charge < -0.3 is 30.4 Å². The lowest BCUT2D eigenvalue weighted by Gasteiger charge is -2.57. The highest BCUT2D eigenvalue weighted by Crippen LogP contribution is 2.57. The lowest BCUT2D eigenvalue weighted by Crippen LogP contribution is -2.58. The fourth-order valence-electron chi connectivity index (χ4n) is 5.62. The molecule has 0 unspecified atom stereocenters. The second kappa shape index (κ2) is 10.5. The molecule has 9 heteroatoms. The number of aliphatic hydroxyl groups is 1. The molecule has 3 fully saturated rings. The van der Waals surface area contributed by atoms with Gasteiger partial charge in [-0.1, -0.05) is 0 Å². The number of benzene rings is 1. The van der Waals surface area contributed by atoms with E-state index < -0.39 is 5.60 Å². The fraction of sp³-hybridized carbons (Fsp3) is 0.500. The Balaban J connectivity index is 1.14. The molecule has 0 saturated heterocycles. The monoisotopic (exact) mass is 535 g/mol. The van der Waals surface area contributed by atoms with Crippen LogP contribution in [0.1, 0.15) is 80.0 Å². The molecule has 0 aliphatic heterocycles. The van der Waals surface area contributed by atoms with Gasteiger partial charge in [-0.3, -0.25) is 9.59 Å². The third-order valence-corrected chi connectivity index (χ3v) is 7.77. The molecular weight excluding hydrogens is 498 g/mol. The summed E-state index contributed by atoms with van der Waals surface area (Å²) >= 11 is 0. The van der Waals surface area contributed by atoms with Gasteiger partial charge in [0.05, 0.1) is 41.3 Å². The molecule has 0 bridgehead atoms. The van der Waals surface area contributed by atoms with Gasteiger partial charge in [-0.05, 0) is 88.1 Å². The normalized spacial score (nSPS) is 24.4. The molecule has 5 rings (SSSR count). The number of carbonyl (C=O) groups is 2. The van der Waals surface area contributed by atoms with Gasteiger partial charge in [-0.2, -0.15) is 0 Å². The SMILES string of the molecule is COc1ccc(OC2CC3(CC(NC(=O)C(=CN)c4ccc(OCC(C)(C)O)c(C5CC5)n4)C3)C2)c(C=O)c1. The van der Waals surface area contributed by atoms with E-state index >= 15 is 0 Å². The molecule has 3 saturated carbocycles. The Bertz CT molecular complexity index is 1270. The van der Waals surface area contributed by atoms with Gasteiger partial charge in [0.25, 0.3) is 5.91 Å². The van der Waals surface area contributed by atoms with Gasteiger partial charge in [0.2, 0.25) is 0 Å². The first-order chi connectivity index (χ1) is 18.6. The fourth-order valence-corrected chi connectivity index (χ4v) is 5.62. The largest absolute Gasteiger partial charge is 0.497 e. The molecule has 3 aliphatic carbocycles. The first kappa shape index (κ1) is 27.0. The van der Waals surface area contributed by atoms with Gasteiger partial charge >= 0.3 is 0 Å². The maximum absolute atomic E-state index is 13.1. The second-order valence-corrected chi connectivity index (χ2v) is 11.8. The van der Waals surface area contributed by atoms with E-state index in [2.05, 4.69) is 5.32 Å². The summed E-state index contributed by atoms with van der Waals surface area (Å²) in [5.74, 6) is 1.88. The minimum Gasteiger partial charge on any atom is -0.497 e. The van der Waals surface area contributed by atoms with Crippen LogP contribution in [0, 0.1) is 5.41 Å². The molecule has 0 atom stereocenters. The molecule has 1 spiro atoms. The number of methoxy groups -OCH3 is 1. The summed E-state index contributed by atoms with van der Waals surface area (Å²) in [6.45, 7) is 3.54.